The molecule has 0 aliphatic heterocycles. The number of carbonyl (C=O) groups excluding carboxylic acids is 1. The van der Waals surface area contributed by atoms with Gasteiger partial charge in [0.25, 0.3) is 0 Å². The van der Waals surface area contributed by atoms with Gasteiger partial charge < -0.3 is 10.6 Å². The molecule has 0 aromatic heterocycles. The van der Waals surface area contributed by atoms with Crippen molar-refractivity contribution in [2.45, 2.75) is 13.3 Å². The lowest BCUT2D eigenvalue weighted by molar-refractivity contribution is -0.119. The van der Waals surface area contributed by atoms with Crippen LogP contribution in [-0.2, 0) is 11.2 Å². The summed E-state index contributed by atoms with van der Waals surface area (Å²) in [6.45, 7) is 3.33. The van der Waals surface area contributed by atoms with E-state index in [9.17, 15) is 4.79 Å². The van der Waals surface area contributed by atoms with E-state index in [0.29, 0.717) is 6.54 Å². The highest BCUT2D eigenvalue weighted by Gasteiger charge is 1.98. The lowest BCUT2D eigenvalue weighted by atomic mass is 10.1. The zero-order valence-electron chi connectivity index (χ0n) is 9.34. The second-order valence-electron chi connectivity index (χ2n) is 3.53. The van der Waals surface area contributed by atoms with Crippen molar-refractivity contribution in [1.82, 2.24) is 10.6 Å². The molecule has 1 aromatic rings. The first-order valence-corrected chi connectivity index (χ1v) is 5.20. The van der Waals surface area contributed by atoms with Gasteiger partial charge in [-0.1, -0.05) is 24.3 Å². The van der Waals surface area contributed by atoms with E-state index >= 15 is 0 Å². The van der Waals surface area contributed by atoms with E-state index < -0.39 is 0 Å². The van der Waals surface area contributed by atoms with E-state index in [2.05, 4.69) is 29.7 Å². The van der Waals surface area contributed by atoms with Crippen LogP contribution in [0.5, 0.6) is 0 Å². The number of benzene rings is 1. The third kappa shape index (κ3) is 4.13. The Hall–Kier alpha value is -1.35. The molecule has 0 fully saturated rings. The quantitative estimate of drug-likeness (QED) is 0.702. The zero-order chi connectivity index (χ0) is 11.1. The van der Waals surface area contributed by atoms with Crippen molar-refractivity contribution >= 4 is 5.91 Å². The molecule has 0 spiro atoms. The Morgan fingerprint density at radius 3 is 2.73 bits per heavy atom. The molecule has 0 radical (unpaired) electrons. The van der Waals surface area contributed by atoms with Crippen LogP contribution >= 0.6 is 0 Å². The molecular formula is C12H18N2O. The van der Waals surface area contributed by atoms with E-state index in [-0.39, 0.29) is 5.91 Å². The highest BCUT2D eigenvalue weighted by molar-refractivity contribution is 5.77. The second-order valence-corrected chi connectivity index (χ2v) is 3.53. The molecule has 0 saturated heterocycles. The largest absolute Gasteiger partial charge is 0.358 e. The molecule has 0 saturated carbocycles. The molecule has 82 valence electrons. The zero-order valence-corrected chi connectivity index (χ0v) is 9.34. The van der Waals surface area contributed by atoms with Crippen molar-refractivity contribution in [2.75, 3.05) is 20.1 Å². The van der Waals surface area contributed by atoms with Crippen LogP contribution in [0.1, 0.15) is 11.1 Å². The molecule has 0 unspecified atom stereocenters. The number of hydrogen-bond acceptors (Lipinski definition) is 2. The molecule has 0 bridgehead atoms. The summed E-state index contributed by atoms with van der Waals surface area (Å²) >= 11 is 0. The number of hydrogen-bond donors (Lipinski definition) is 2. The first-order chi connectivity index (χ1) is 7.24. The van der Waals surface area contributed by atoms with Crippen LogP contribution in [0, 0.1) is 6.92 Å². The predicted octanol–water partition coefficient (Wildman–Crippen LogP) is 0.873. The Bertz CT molecular complexity index is 323. The average molecular weight is 206 g/mol. The van der Waals surface area contributed by atoms with Crippen molar-refractivity contribution in [3.05, 3.63) is 35.4 Å². The standard InChI is InChI=1S/C12H18N2O/c1-10-5-3-4-6-11(10)7-8-14-9-12(15)13-2/h3-6,14H,7-9H2,1-2H3,(H,13,15). The fourth-order valence-electron chi connectivity index (χ4n) is 1.40. The first kappa shape index (κ1) is 11.7. The van der Waals surface area contributed by atoms with Crippen molar-refractivity contribution in [3.63, 3.8) is 0 Å². The molecular weight excluding hydrogens is 188 g/mol. The van der Waals surface area contributed by atoms with Crippen LogP contribution in [-0.4, -0.2) is 26.0 Å². The maximum absolute atomic E-state index is 10.9. The summed E-state index contributed by atoms with van der Waals surface area (Å²) in [5.41, 5.74) is 2.64. The van der Waals surface area contributed by atoms with Crippen molar-refractivity contribution in [3.8, 4) is 0 Å². The van der Waals surface area contributed by atoms with E-state index in [1.54, 1.807) is 7.05 Å². The number of likely N-dealkylation sites (N-methyl/N-ethyl adjacent to an activating group) is 1. The van der Waals surface area contributed by atoms with E-state index in [1.807, 2.05) is 12.1 Å². The fourth-order valence-corrected chi connectivity index (χ4v) is 1.40. The Kier molecular flexibility index (Phi) is 4.84. The molecule has 0 aliphatic carbocycles. The maximum Gasteiger partial charge on any atom is 0.233 e. The third-order valence-corrected chi connectivity index (χ3v) is 2.40. The number of carbonyl (C=O) groups is 1. The molecule has 0 heterocycles. The molecule has 1 amide bonds. The van der Waals surface area contributed by atoms with Gasteiger partial charge >= 0.3 is 0 Å². The van der Waals surface area contributed by atoms with E-state index in [1.165, 1.54) is 11.1 Å². The summed E-state index contributed by atoms with van der Waals surface area (Å²) in [6.07, 6.45) is 0.962. The van der Waals surface area contributed by atoms with Gasteiger partial charge in [-0.25, -0.2) is 0 Å². The van der Waals surface area contributed by atoms with Gasteiger partial charge in [0.1, 0.15) is 0 Å². The van der Waals surface area contributed by atoms with Crippen molar-refractivity contribution in [2.24, 2.45) is 0 Å². The van der Waals surface area contributed by atoms with E-state index in [4.69, 9.17) is 0 Å². The third-order valence-electron chi connectivity index (χ3n) is 2.40. The van der Waals surface area contributed by atoms with Gasteiger partial charge in [0, 0.05) is 7.05 Å². The summed E-state index contributed by atoms with van der Waals surface area (Å²) in [5, 5.41) is 5.67. The van der Waals surface area contributed by atoms with Gasteiger partial charge in [0.15, 0.2) is 0 Å². The van der Waals surface area contributed by atoms with Crippen LogP contribution in [0.4, 0.5) is 0 Å². The van der Waals surface area contributed by atoms with Crippen molar-refractivity contribution in [1.29, 1.82) is 0 Å². The molecule has 1 rings (SSSR count). The molecule has 3 nitrogen and oxygen atoms in total. The summed E-state index contributed by atoms with van der Waals surface area (Å²) < 4.78 is 0. The van der Waals surface area contributed by atoms with E-state index in [0.717, 1.165) is 13.0 Å². The van der Waals surface area contributed by atoms with Gasteiger partial charge in [0.2, 0.25) is 5.91 Å². The predicted molar refractivity (Wildman–Crippen MR) is 61.8 cm³/mol. The Balaban J connectivity index is 2.26. The van der Waals surface area contributed by atoms with Gasteiger partial charge in [0.05, 0.1) is 6.54 Å². The molecule has 3 heteroatoms. The minimum absolute atomic E-state index is 0.0276. The highest BCUT2D eigenvalue weighted by Crippen LogP contribution is 2.06. The Morgan fingerprint density at radius 2 is 2.07 bits per heavy atom. The summed E-state index contributed by atoms with van der Waals surface area (Å²) in [5.74, 6) is 0.0276. The van der Waals surface area contributed by atoms with Crippen LogP contribution in [0.2, 0.25) is 0 Å². The van der Waals surface area contributed by atoms with Gasteiger partial charge in [-0.2, -0.15) is 0 Å². The smallest absolute Gasteiger partial charge is 0.233 e. The normalized spacial score (nSPS) is 10.0. The molecule has 0 atom stereocenters. The average Bonchev–Trinajstić information content (AvgIpc) is 2.26. The molecule has 15 heavy (non-hydrogen) atoms. The minimum atomic E-state index is 0.0276. The van der Waals surface area contributed by atoms with Crippen LogP contribution in [0.25, 0.3) is 0 Å². The summed E-state index contributed by atoms with van der Waals surface area (Å²) in [4.78, 5) is 10.9. The Morgan fingerprint density at radius 1 is 1.33 bits per heavy atom. The van der Waals surface area contributed by atoms with Crippen molar-refractivity contribution < 1.29 is 4.79 Å². The number of aryl methyl sites for hydroxylation is 1. The second kappa shape index (κ2) is 6.19. The van der Waals surface area contributed by atoms with Gasteiger partial charge in [-0.15, -0.1) is 0 Å². The first-order valence-electron chi connectivity index (χ1n) is 5.20. The molecule has 1 aromatic carbocycles. The summed E-state index contributed by atoms with van der Waals surface area (Å²) in [6, 6.07) is 8.31. The number of amides is 1. The monoisotopic (exact) mass is 206 g/mol. The highest BCUT2D eigenvalue weighted by atomic mass is 16.1. The Labute approximate surface area is 90.9 Å². The molecule has 0 aliphatic rings. The lowest BCUT2D eigenvalue weighted by Crippen LogP contribution is -2.32. The number of nitrogens with one attached hydrogen (secondary N) is 2. The lowest BCUT2D eigenvalue weighted by Gasteiger charge is -2.06. The molecule has 2 N–H and O–H groups in total. The van der Waals surface area contributed by atoms with Crippen LogP contribution in [0.15, 0.2) is 24.3 Å². The SMILES string of the molecule is CNC(=O)CNCCc1ccccc1C. The summed E-state index contributed by atoms with van der Waals surface area (Å²) in [7, 11) is 1.64. The number of rotatable bonds is 5. The van der Waals surface area contributed by atoms with Crippen LogP contribution in [0.3, 0.4) is 0 Å². The maximum atomic E-state index is 10.9. The minimum Gasteiger partial charge on any atom is -0.358 e. The topological polar surface area (TPSA) is 41.1 Å². The van der Waals surface area contributed by atoms with Gasteiger partial charge in [-0.3, -0.25) is 4.79 Å². The fraction of sp³-hybridized carbons (Fsp3) is 0.417. The van der Waals surface area contributed by atoms with Crippen LogP contribution < -0.4 is 10.6 Å². The van der Waals surface area contributed by atoms with Gasteiger partial charge in [-0.05, 0) is 31.0 Å².